The number of benzene rings is 1. The number of amides is 3. The number of piperidine rings is 1. The highest BCUT2D eigenvalue weighted by Crippen LogP contribution is 2.30. The first-order valence-electron chi connectivity index (χ1n) is 8.69. The van der Waals surface area contributed by atoms with Crippen LogP contribution in [0.25, 0.3) is 0 Å². The normalized spacial score (nSPS) is 28.9. The lowest BCUT2D eigenvalue weighted by atomic mass is 10.0. The topological polar surface area (TPSA) is 87.7 Å². The molecule has 1 unspecified atom stereocenters. The van der Waals surface area contributed by atoms with E-state index < -0.39 is 6.04 Å². The van der Waals surface area contributed by atoms with Crippen molar-refractivity contribution in [1.82, 2.24) is 15.5 Å². The van der Waals surface area contributed by atoms with Crippen molar-refractivity contribution in [3.8, 4) is 5.75 Å². The molecular formula is C18H21N3O4. The number of hydrogen-bond acceptors (Lipinski definition) is 5. The lowest BCUT2D eigenvalue weighted by Gasteiger charge is -2.29. The van der Waals surface area contributed by atoms with Crippen LogP contribution in [0.2, 0.25) is 0 Å². The summed E-state index contributed by atoms with van der Waals surface area (Å²) in [5, 5.41) is 5.66. The van der Waals surface area contributed by atoms with E-state index in [1.807, 2.05) is 12.1 Å². The van der Waals surface area contributed by atoms with Crippen LogP contribution in [-0.2, 0) is 16.1 Å². The molecule has 0 spiro atoms. The van der Waals surface area contributed by atoms with Gasteiger partial charge in [0.25, 0.3) is 5.91 Å². The van der Waals surface area contributed by atoms with Gasteiger partial charge in [0, 0.05) is 37.5 Å². The molecule has 4 rings (SSSR count). The highest BCUT2D eigenvalue weighted by Gasteiger charge is 2.39. The van der Waals surface area contributed by atoms with E-state index in [4.69, 9.17) is 4.74 Å². The Balaban J connectivity index is 1.49. The molecule has 0 aliphatic carbocycles. The second-order valence-corrected chi connectivity index (χ2v) is 7.00. The largest absolute Gasteiger partial charge is 0.489 e. The summed E-state index contributed by atoms with van der Waals surface area (Å²) in [6.07, 6.45) is 1.73. The lowest BCUT2D eigenvalue weighted by Crippen LogP contribution is -2.52. The summed E-state index contributed by atoms with van der Waals surface area (Å²) in [5.41, 5.74) is 1.47. The van der Waals surface area contributed by atoms with Gasteiger partial charge in [-0.15, -0.1) is 0 Å². The minimum Gasteiger partial charge on any atom is -0.489 e. The van der Waals surface area contributed by atoms with Gasteiger partial charge in [-0.3, -0.25) is 19.7 Å². The maximum absolute atomic E-state index is 12.6. The molecule has 0 radical (unpaired) electrons. The Kier molecular flexibility index (Phi) is 3.95. The average Bonchev–Trinajstić information content (AvgIpc) is 3.11. The molecule has 3 aliphatic rings. The van der Waals surface area contributed by atoms with Gasteiger partial charge in [0.15, 0.2) is 0 Å². The number of carbonyl (C=O) groups excluding carboxylic acids is 3. The minimum absolute atomic E-state index is 0.136. The van der Waals surface area contributed by atoms with Crippen LogP contribution in [-0.4, -0.2) is 47.4 Å². The second kappa shape index (κ2) is 6.15. The molecule has 132 valence electrons. The maximum Gasteiger partial charge on any atom is 0.255 e. The number of nitrogens with one attached hydrogen (secondary N) is 2. The third-order valence-corrected chi connectivity index (χ3v) is 5.11. The molecule has 0 bridgehead atoms. The van der Waals surface area contributed by atoms with Gasteiger partial charge in [0.05, 0.1) is 0 Å². The number of hydrogen-bond donors (Lipinski definition) is 2. The number of nitrogens with zero attached hydrogens (tertiary/aromatic N) is 1. The van der Waals surface area contributed by atoms with Crippen LogP contribution in [0.3, 0.4) is 0 Å². The van der Waals surface area contributed by atoms with Gasteiger partial charge in [-0.25, -0.2) is 0 Å². The maximum atomic E-state index is 12.6. The van der Waals surface area contributed by atoms with E-state index in [1.54, 1.807) is 11.0 Å². The Morgan fingerprint density at radius 3 is 2.80 bits per heavy atom. The van der Waals surface area contributed by atoms with Crippen molar-refractivity contribution in [2.45, 2.75) is 50.9 Å². The summed E-state index contributed by atoms with van der Waals surface area (Å²) in [5.74, 6) is -0.0785. The number of ether oxygens (including phenoxy) is 1. The van der Waals surface area contributed by atoms with E-state index >= 15 is 0 Å². The number of rotatable bonds is 3. The van der Waals surface area contributed by atoms with Crippen LogP contribution >= 0.6 is 0 Å². The van der Waals surface area contributed by atoms with Crippen molar-refractivity contribution >= 4 is 17.7 Å². The SMILES string of the molecule is C[C@H]1C[C@H](Oc2ccc3c(c2)CN(C2CCC(=O)NC2=O)C3=O)CN1. The third-order valence-electron chi connectivity index (χ3n) is 5.11. The molecule has 2 saturated heterocycles. The first-order chi connectivity index (χ1) is 12.0. The molecule has 3 heterocycles. The lowest BCUT2D eigenvalue weighted by molar-refractivity contribution is -0.136. The standard InChI is InChI=1S/C18H21N3O4/c1-10-6-13(8-19-10)25-12-2-3-14-11(7-12)9-21(18(14)24)15-4-5-16(22)20-17(15)23/h2-3,7,10,13,15,19H,4-6,8-9H2,1H3,(H,20,22,23)/t10-,13-,15?/m0/s1. The van der Waals surface area contributed by atoms with Crippen molar-refractivity contribution in [2.75, 3.05) is 6.54 Å². The van der Waals surface area contributed by atoms with Crippen LogP contribution in [0.5, 0.6) is 5.75 Å². The molecular weight excluding hydrogens is 322 g/mol. The van der Waals surface area contributed by atoms with Gasteiger partial charge in [0.2, 0.25) is 11.8 Å². The Morgan fingerprint density at radius 2 is 2.08 bits per heavy atom. The smallest absolute Gasteiger partial charge is 0.255 e. The first-order valence-corrected chi connectivity index (χ1v) is 8.69. The molecule has 2 N–H and O–H groups in total. The van der Waals surface area contributed by atoms with E-state index in [0.29, 0.717) is 24.6 Å². The van der Waals surface area contributed by atoms with Gasteiger partial charge in [-0.05, 0) is 37.1 Å². The highest BCUT2D eigenvalue weighted by atomic mass is 16.5. The van der Waals surface area contributed by atoms with Crippen molar-refractivity contribution in [3.63, 3.8) is 0 Å². The zero-order valence-electron chi connectivity index (χ0n) is 14.1. The van der Waals surface area contributed by atoms with Crippen LogP contribution in [0.15, 0.2) is 18.2 Å². The molecule has 7 nitrogen and oxygen atoms in total. The summed E-state index contributed by atoms with van der Waals surface area (Å²) >= 11 is 0. The fourth-order valence-electron chi connectivity index (χ4n) is 3.80. The van der Waals surface area contributed by atoms with E-state index in [1.165, 1.54) is 0 Å². The van der Waals surface area contributed by atoms with Crippen LogP contribution < -0.4 is 15.4 Å². The summed E-state index contributed by atoms with van der Waals surface area (Å²) in [7, 11) is 0. The average molecular weight is 343 g/mol. The van der Waals surface area contributed by atoms with Crippen molar-refractivity contribution in [2.24, 2.45) is 0 Å². The number of fused-ring (bicyclic) bond motifs is 1. The molecule has 0 saturated carbocycles. The molecule has 1 aromatic rings. The van der Waals surface area contributed by atoms with Gasteiger partial charge in [0.1, 0.15) is 17.9 Å². The molecule has 3 atom stereocenters. The van der Waals surface area contributed by atoms with E-state index in [0.717, 1.165) is 24.3 Å². The molecule has 2 fully saturated rings. The van der Waals surface area contributed by atoms with Crippen molar-refractivity contribution in [3.05, 3.63) is 29.3 Å². The summed E-state index contributed by atoms with van der Waals surface area (Å²) in [4.78, 5) is 37.6. The van der Waals surface area contributed by atoms with Gasteiger partial charge >= 0.3 is 0 Å². The van der Waals surface area contributed by atoms with Gasteiger partial charge < -0.3 is 15.0 Å². The Bertz CT molecular complexity index is 748. The van der Waals surface area contributed by atoms with E-state index in [2.05, 4.69) is 17.6 Å². The molecule has 25 heavy (non-hydrogen) atoms. The van der Waals surface area contributed by atoms with E-state index in [9.17, 15) is 14.4 Å². The minimum atomic E-state index is -0.582. The van der Waals surface area contributed by atoms with Gasteiger partial charge in [-0.2, -0.15) is 0 Å². The first kappa shape index (κ1) is 16.1. The quantitative estimate of drug-likeness (QED) is 0.784. The molecule has 1 aromatic carbocycles. The molecule has 3 amide bonds. The van der Waals surface area contributed by atoms with Crippen LogP contribution in [0, 0.1) is 0 Å². The van der Waals surface area contributed by atoms with E-state index in [-0.39, 0.29) is 30.2 Å². The summed E-state index contributed by atoms with van der Waals surface area (Å²) < 4.78 is 6.01. The predicted octanol–water partition coefficient (Wildman–Crippen LogP) is 0.577. The Morgan fingerprint density at radius 1 is 1.24 bits per heavy atom. The zero-order chi connectivity index (χ0) is 17.6. The Labute approximate surface area is 145 Å². The molecule has 3 aliphatic heterocycles. The number of carbonyl (C=O) groups is 3. The highest BCUT2D eigenvalue weighted by molar-refractivity contribution is 6.05. The zero-order valence-corrected chi connectivity index (χ0v) is 14.1. The van der Waals surface area contributed by atoms with Crippen LogP contribution in [0.4, 0.5) is 0 Å². The van der Waals surface area contributed by atoms with Crippen LogP contribution in [0.1, 0.15) is 42.1 Å². The second-order valence-electron chi connectivity index (χ2n) is 7.00. The van der Waals surface area contributed by atoms with Gasteiger partial charge in [-0.1, -0.05) is 0 Å². The van der Waals surface area contributed by atoms with Crippen molar-refractivity contribution in [1.29, 1.82) is 0 Å². The Hall–Kier alpha value is -2.41. The summed E-state index contributed by atoms with van der Waals surface area (Å²) in [6.45, 7) is 3.32. The molecule has 7 heteroatoms. The molecule has 0 aromatic heterocycles. The monoisotopic (exact) mass is 343 g/mol. The summed E-state index contributed by atoms with van der Waals surface area (Å²) in [6, 6.07) is 5.34. The number of imide groups is 1. The van der Waals surface area contributed by atoms with Crippen molar-refractivity contribution < 1.29 is 19.1 Å². The predicted molar refractivity (Wildman–Crippen MR) is 89.0 cm³/mol. The fourth-order valence-corrected chi connectivity index (χ4v) is 3.80. The fraction of sp³-hybridized carbons (Fsp3) is 0.500. The third kappa shape index (κ3) is 3.00.